The fraction of sp³-hybridized carbons (Fsp3) is 0.625. The van der Waals surface area contributed by atoms with Gasteiger partial charge in [0.2, 0.25) is 10.0 Å². The minimum Gasteiger partial charge on any atom is -0.383 e. The molecule has 2 rings (SSSR count). The van der Waals surface area contributed by atoms with Crippen LogP contribution in [0.2, 0.25) is 0 Å². The molecule has 5 nitrogen and oxygen atoms in total. The van der Waals surface area contributed by atoms with Crippen molar-refractivity contribution in [1.29, 1.82) is 0 Å². The van der Waals surface area contributed by atoms with Gasteiger partial charge in [0.15, 0.2) is 0 Å². The lowest BCUT2D eigenvalue weighted by atomic mass is 10.0. The molecule has 0 saturated carbocycles. The summed E-state index contributed by atoms with van der Waals surface area (Å²) in [4.78, 5) is 0. The first-order valence-electron chi connectivity index (χ1n) is 7.76. The third-order valence-electron chi connectivity index (χ3n) is 4.07. The number of sulfonamides is 1. The Hall–Kier alpha value is -1.16. The van der Waals surface area contributed by atoms with Crippen LogP contribution in [-0.4, -0.2) is 39.6 Å². The molecular weight excluding hydrogens is 359 g/mol. The molecule has 1 saturated heterocycles. The number of hydrogen-bond donors (Lipinski definition) is 1. The van der Waals surface area contributed by atoms with Crippen molar-refractivity contribution in [2.75, 3.05) is 20.3 Å². The summed E-state index contributed by atoms with van der Waals surface area (Å²) in [6.07, 6.45) is -4.19. The zero-order chi connectivity index (χ0) is 18.9. The van der Waals surface area contributed by atoms with Crippen LogP contribution in [0.3, 0.4) is 0 Å². The van der Waals surface area contributed by atoms with E-state index in [1.807, 2.05) is 0 Å². The van der Waals surface area contributed by atoms with E-state index in [9.17, 15) is 21.6 Å². The molecule has 0 bridgehead atoms. The predicted octanol–water partition coefficient (Wildman–Crippen LogP) is 2.88. The van der Waals surface area contributed by atoms with Gasteiger partial charge in [-0.2, -0.15) is 13.2 Å². The Morgan fingerprint density at radius 2 is 2.08 bits per heavy atom. The fourth-order valence-electron chi connectivity index (χ4n) is 2.78. The molecule has 1 fully saturated rings. The second-order valence-corrected chi connectivity index (χ2v) is 8.68. The SMILES string of the molecule is COCC(NS(=O)(=O)C1COC(C)(C)C1)c1cccc(C(F)(F)F)c1. The number of ether oxygens (including phenoxy) is 2. The van der Waals surface area contributed by atoms with Gasteiger partial charge in [-0.15, -0.1) is 0 Å². The lowest BCUT2D eigenvalue weighted by Gasteiger charge is -2.22. The van der Waals surface area contributed by atoms with Crippen molar-refractivity contribution in [2.24, 2.45) is 0 Å². The van der Waals surface area contributed by atoms with E-state index in [-0.39, 0.29) is 18.8 Å². The maximum absolute atomic E-state index is 12.9. The Kier molecular flexibility index (Phi) is 5.82. The molecule has 1 aliphatic rings. The van der Waals surface area contributed by atoms with Gasteiger partial charge in [-0.25, -0.2) is 13.1 Å². The average molecular weight is 381 g/mol. The highest BCUT2D eigenvalue weighted by Crippen LogP contribution is 2.32. The van der Waals surface area contributed by atoms with Crippen molar-refractivity contribution in [3.8, 4) is 0 Å². The molecule has 0 radical (unpaired) electrons. The largest absolute Gasteiger partial charge is 0.416 e. The molecule has 2 unspecified atom stereocenters. The van der Waals surface area contributed by atoms with Crippen LogP contribution in [-0.2, 0) is 25.7 Å². The Balaban J connectivity index is 2.24. The van der Waals surface area contributed by atoms with Crippen LogP contribution in [0.1, 0.15) is 37.4 Å². The van der Waals surface area contributed by atoms with E-state index >= 15 is 0 Å². The number of benzene rings is 1. The van der Waals surface area contributed by atoms with Crippen LogP contribution in [0.25, 0.3) is 0 Å². The standard InChI is InChI=1S/C16H22F3NO4S/c1-15(2)8-13(9-24-15)25(21,22)20-14(10-23-3)11-5-4-6-12(7-11)16(17,18)19/h4-7,13-14,20H,8-10H2,1-3H3. The summed E-state index contributed by atoms with van der Waals surface area (Å²) < 4.78 is 76.8. The molecule has 0 aliphatic carbocycles. The lowest BCUT2D eigenvalue weighted by molar-refractivity contribution is -0.137. The van der Waals surface area contributed by atoms with Crippen LogP contribution in [0.4, 0.5) is 13.2 Å². The smallest absolute Gasteiger partial charge is 0.383 e. The second kappa shape index (κ2) is 7.22. The van der Waals surface area contributed by atoms with Gasteiger partial charge < -0.3 is 9.47 Å². The maximum Gasteiger partial charge on any atom is 0.416 e. The first-order valence-corrected chi connectivity index (χ1v) is 9.30. The summed E-state index contributed by atoms with van der Waals surface area (Å²) >= 11 is 0. The summed E-state index contributed by atoms with van der Waals surface area (Å²) in [6, 6.07) is 3.64. The lowest BCUT2D eigenvalue weighted by Crippen LogP contribution is -2.39. The molecule has 1 N–H and O–H groups in total. The molecule has 25 heavy (non-hydrogen) atoms. The summed E-state index contributed by atoms with van der Waals surface area (Å²) in [5, 5.41) is -0.757. The van der Waals surface area contributed by atoms with Gasteiger partial charge in [0.1, 0.15) is 5.25 Å². The number of methoxy groups -OCH3 is 1. The van der Waals surface area contributed by atoms with Crippen molar-refractivity contribution in [3.63, 3.8) is 0 Å². The van der Waals surface area contributed by atoms with Gasteiger partial charge >= 0.3 is 6.18 Å². The molecule has 1 heterocycles. The molecule has 2 atom stereocenters. The Labute approximate surface area is 145 Å². The predicted molar refractivity (Wildman–Crippen MR) is 86.6 cm³/mol. The third kappa shape index (κ3) is 5.16. The van der Waals surface area contributed by atoms with E-state index in [1.165, 1.54) is 19.2 Å². The zero-order valence-corrected chi connectivity index (χ0v) is 15.1. The van der Waals surface area contributed by atoms with Gasteiger partial charge in [0, 0.05) is 7.11 Å². The van der Waals surface area contributed by atoms with E-state index in [0.717, 1.165) is 12.1 Å². The van der Waals surface area contributed by atoms with E-state index in [2.05, 4.69) is 4.72 Å². The molecule has 0 amide bonds. The number of rotatable bonds is 6. The third-order valence-corrected chi connectivity index (χ3v) is 5.87. The summed E-state index contributed by atoms with van der Waals surface area (Å²) in [6.45, 7) is 3.55. The van der Waals surface area contributed by atoms with Gasteiger partial charge in [-0.1, -0.05) is 12.1 Å². The number of hydrogen-bond acceptors (Lipinski definition) is 4. The summed E-state index contributed by atoms with van der Waals surface area (Å²) in [5.41, 5.74) is -1.19. The number of nitrogens with one attached hydrogen (secondary N) is 1. The van der Waals surface area contributed by atoms with Crippen molar-refractivity contribution < 1.29 is 31.1 Å². The van der Waals surface area contributed by atoms with E-state index < -0.39 is 38.7 Å². The molecule has 1 aromatic carbocycles. The van der Waals surface area contributed by atoms with Crippen LogP contribution >= 0.6 is 0 Å². The van der Waals surface area contributed by atoms with E-state index in [1.54, 1.807) is 13.8 Å². The van der Waals surface area contributed by atoms with Crippen LogP contribution in [0.5, 0.6) is 0 Å². The highest BCUT2D eigenvalue weighted by molar-refractivity contribution is 7.90. The second-order valence-electron chi connectivity index (χ2n) is 6.69. The first kappa shape index (κ1) is 20.2. The van der Waals surface area contributed by atoms with Crippen LogP contribution in [0, 0.1) is 0 Å². The Morgan fingerprint density at radius 3 is 2.60 bits per heavy atom. The van der Waals surface area contributed by atoms with Gasteiger partial charge in [-0.3, -0.25) is 0 Å². The fourth-order valence-corrected chi connectivity index (χ4v) is 4.44. The molecular formula is C16H22F3NO4S. The monoisotopic (exact) mass is 381 g/mol. The first-order chi connectivity index (χ1) is 11.4. The number of halogens is 3. The maximum atomic E-state index is 12.9. The Bertz CT molecular complexity index is 704. The molecule has 1 aromatic rings. The van der Waals surface area contributed by atoms with Crippen molar-refractivity contribution in [3.05, 3.63) is 35.4 Å². The van der Waals surface area contributed by atoms with Crippen molar-refractivity contribution >= 4 is 10.0 Å². The molecule has 0 aromatic heterocycles. The highest BCUT2D eigenvalue weighted by Gasteiger charge is 2.40. The highest BCUT2D eigenvalue weighted by atomic mass is 32.2. The number of alkyl halides is 3. The van der Waals surface area contributed by atoms with E-state index in [0.29, 0.717) is 6.42 Å². The Morgan fingerprint density at radius 1 is 1.40 bits per heavy atom. The quantitative estimate of drug-likeness (QED) is 0.823. The summed E-state index contributed by atoms with van der Waals surface area (Å²) in [7, 11) is -2.43. The van der Waals surface area contributed by atoms with Gasteiger partial charge in [0.05, 0.1) is 30.4 Å². The normalized spacial score (nSPS) is 22.1. The molecule has 1 aliphatic heterocycles. The topological polar surface area (TPSA) is 64.6 Å². The average Bonchev–Trinajstić information content (AvgIpc) is 2.87. The van der Waals surface area contributed by atoms with E-state index in [4.69, 9.17) is 9.47 Å². The molecule has 0 spiro atoms. The summed E-state index contributed by atoms with van der Waals surface area (Å²) in [5.74, 6) is 0. The zero-order valence-electron chi connectivity index (χ0n) is 14.3. The molecule has 142 valence electrons. The minimum atomic E-state index is -4.50. The van der Waals surface area contributed by atoms with Crippen molar-refractivity contribution in [2.45, 2.75) is 43.3 Å². The van der Waals surface area contributed by atoms with Crippen molar-refractivity contribution in [1.82, 2.24) is 4.72 Å². The minimum absolute atomic E-state index is 0.0463. The molecule has 9 heteroatoms. The van der Waals surface area contributed by atoms with Crippen LogP contribution < -0.4 is 4.72 Å². The van der Waals surface area contributed by atoms with Gasteiger partial charge in [0.25, 0.3) is 0 Å². The van der Waals surface area contributed by atoms with Crippen LogP contribution in [0.15, 0.2) is 24.3 Å². The van der Waals surface area contributed by atoms with Gasteiger partial charge in [-0.05, 0) is 38.0 Å².